The highest BCUT2D eigenvalue weighted by atomic mass is 16.6. The average molecular weight is 458 g/mol. The first-order valence-electron chi connectivity index (χ1n) is 11.4. The second-order valence-electron chi connectivity index (χ2n) is 10.1. The van der Waals surface area contributed by atoms with Crippen LogP contribution < -0.4 is 4.74 Å². The maximum atomic E-state index is 12.6. The first-order chi connectivity index (χ1) is 16.1. The van der Waals surface area contributed by atoms with Gasteiger partial charge in [-0.1, -0.05) is 32.0 Å². The number of ether oxygens (including phenoxy) is 2. The van der Waals surface area contributed by atoms with Crippen LogP contribution in [0.2, 0.25) is 0 Å². The summed E-state index contributed by atoms with van der Waals surface area (Å²) in [5.74, 6) is 1.30. The van der Waals surface area contributed by atoms with Crippen molar-refractivity contribution in [2.24, 2.45) is 0 Å². The smallest absolute Gasteiger partial charge is 0.307 e. The molecule has 0 radical (unpaired) electrons. The number of aromatic amines is 1. The fourth-order valence-corrected chi connectivity index (χ4v) is 3.95. The van der Waals surface area contributed by atoms with E-state index in [2.05, 4.69) is 28.2 Å². The first-order valence-corrected chi connectivity index (χ1v) is 11.4. The van der Waals surface area contributed by atoms with E-state index in [1.54, 1.807) is 19.5 Å². The Balaban J connectivity index is 1.78. The highest BCUT2D eigenvalue weighted by Crippen LogP contribution is 2.36. The summed E-state index contributed by atoms with van der Waals surface area (Å²) in [6.45, 7) is 9.63. The van der Waals surface area contributed by atoms with E-state index in [4.69, 9.17) is 14.5 Å². The number of fused-ring (bicyclic) bond motifs is 1. The number of H-pyrrole nitrogens is 1. The molecule has 6 nitrogen and oxygen atoms in total. The van der Waals surface area contributed by atoms with E-state index >= 15 is 0 Å². The topological polar surface area (TPSA) is 77.1 Å². The van der Waals surface area contributed by atoms with E-state index in [1.807, 2.05) is 65.0 Å². The third-order valence-corrected chi connectivity index (χ3v) is 5.64. The molecule has 34 heavy (non-hydrogen) atoms. The molecular weight excluding hydrogens is 426 g/mol. The van der Waals surface area contributed by atoms with Crippen LogP contribution in [0.1, 0.15) is 46.9 Å². The summed E-state index contributed by atoms with van der Waals surface area (Å²) in [5, 5.41) is 2.19. The lowest BCUT2D eigenvalue weighted by Gasteiger charge is -2.25. The summed E-state index contributed by atoms with van der Waals surface area (Å²) in [7, 11) is 1.67. The number of imidazole rings is 1. The lowest BCUT2D eigenvalue weighted by atomic mass is 9.88. The minimum atomic E-state index is -0.549. The fourth-order valence-electron chi connectivity index (χ4n) is 3.95. The predicted octanol–water partition coefficient (Wildman–Crippen LogP) is 6.31. The molecule has 0 aliphatic heterocycles. The third-order valence-electron chi connectivity index (χ3n) is 5.64. The molecule has 2 aromatic heterocycles. The van der Waals surface area contributed by atoms with Crippen molar-refractivity contribution in [3.8, 4) is 28.3 Å². The Morgan fingerprint density at radius 3 is 2.26 bits per heavy atom. The Hall–Kier alpha value is -3.67. The molecule has 0 saturated carbocycles. The summed E-state index contributed by atoms with van der Waals surface area (Å²) in [4.78, 5) is 25.3. The molecule has 0 fully saturated rings. The lowest BCUT2D eigenvalue weighted by Crippen LogP contribution is -2.30. The van der Waals surface area contributed by atoms with Crippen LogP contribution in [0.25, 0.3) is 33.3 Å². The fraction of sp³-hybridized carbons (Fsp3) is 0.321. The Kier molecular flexibility index (Phi) is 6.17. The van der Waals surface area contributed by atoms with Gasteiger partial charge in [0.25, 0.3) is 0 Å². The molecular formula is C28H31N3O3. The van der Waals surface area contributed by atoms with E-state index in [1.165, 1.54) is 0 Å². The Morgan fingerprint density at radius 1 is 0.912 bits per heavy atom. The second-order valence-corrected chi connectivity index (χ2v) is 10.1. The minimum Gasteiger partial charge on any atom is -0.497 e. The lowest BCUT2D eigenvalue weighted by molar-refractivity contribution is -0.156. The highest BCUT2D eigenvalue weighted by Gasteiger charge is 2.31. The zero-order chi connectivity index (χ0) is 24.5. The van der Waals surface area contributed by atoms with Crippen molar-refractivity contribution in [2.45, 2.75) is 52.1 Å². The number of hydrogen-bond acceptors (Lipinski definition) is 5. The maximum Gasteiger partial charge on any atom is 0.307 e. The van der Waals surface area contributed by atoms with Crippen molar-refractivity contribution in [3.63, 3.8) is 0 Å². The van der Waals surface area contributed by atoms with Gasteiger partial charge in [0.1, 0.15) is 17.2 Å². The summed E-state index contributed by atoms with van der Waals surface area (Å²) >= 11 is 0. The zero-order valence-corrected chi connectivity index (χ0v) is 20.6. The quantitative estimate of drug-likeness (QED) is 0.343. The number of nitrogens with zero attached hydrogens (tertiary/aromatic N) is 2. The van der Waals surface area contributed by atoms with Gasteiger partial charge in [-0.25, -0.2) is 4.98 Å². The number of aromatic nitrogens is 3. The molecule has 0 atom stereocenters. The van der Waals surface area contributed by atoms with Gasteiger partial charge in [0.15, 0.2) is 0 Å². The van der Waals surface area contributed by atoms with E-state index in [-0.39, 0.29) is 12.4 Å². The number of carbonyl (C=O) groups excluding carboxylic acids is 1. The molecule has 0 saturated heterocycles. The molecule has 0 amide bonds. The summed E-state index contributed by atoms with van der Waals surface area (Å²) in [5.41, 5.74) is 2.61. The van der Waals surface area contributed by atoms with Gasteiger partial charge < -0.3 is 14.5 Å². The Morgan fingerprint density at radius 2 is 1.59 bits per heavy atom. The summed E-state index contributed by atoms with van der Waals surface area (Å²) < 4.78 is 10.9. The number of nitrogens with one attached hydrogen (secondary N) is 1. The Labute approximate surface area is 200 Å². The molecule has 0 bridgehead atoms. The van der Waals surface area contributed by atoms with E-state index in [0.29, 0.717) is 0 Å². The van der Waals surface area contributed by atoms with Gasteiger partial charge in [-0.05, 0) is 61.9 Å². The molecule has 0 aliphatic rings. The molecule has 0 unspecified atom stereocenters. The largest absolute Gasteiger partial charge is 0.497 e. The van der Waals surface area contributed by atoms with Crippen LogP contribution in [-0.4, -0.2) is 33.6 Å². The van der Waals surface area contributed by atoms with Crippen LogP contribution >= 0.6 is 0 Å². The van der Waals surface area contributed by atoms with Gasteiger partial charge >= 0.3 is 5.97 Å². The van der Waals surface area contributed by atoms with Crippen LogP contribution in [-0.2, 0) is 14.9 Å². The number of pyridine rings is 1. The second kappa shape index (κ2) is 8.93. The van der Waals surface area contributed by atoms with Gasteiger partial charge in [0.05, 0.1) is 24.9 Å². The van der Waals surface area contributed by atoms with Crippen LogP contribution in [0.3, 0.4) is 0 Å². The van der Waals surface area contributed by atoms with E-state index in [9.17, 15) is 4.79 Å². The molecule has 4 rings (SSSR count). The standard InChI is InChI=1S/C28H31N3O3/c1-27(2,3)34-23(32)17-28(4,5)26-30-24(18-11-13-29-14-12-18)25(31-26)21-8-7-20-16-22(33-6)10-9-19(20)15-21/h7-16H,17H2,1-6H3,(H,30,31). The summed E-state index contributed by atoms with van der Waals surface area (Å²) in [6.07, 6.45) is 3.74. The number of rotatable bonds is 6. The van der Waals surface area contributed by atoms with E-state index in [0.717, 1.165) is 44.9 Å². The van der Waals surface area contributed by atoms with Gasteiger partial charge in [0.2, 0.25) is 0 Å². The highest BCUT2D eigenvalue weighted by molar-refractivity contribution is 5.90. The summed E-state index contributed by atoms with van der Waals surface area (Å²) in [6, 6.07) is 16.2. The van der Waals surface area contributed by atoms with E-state index < -0.39 is 11.0 Å². The van der Waals surface area contributed by atoms with Crippen LogP contribution in [0.5, 0.6) is 5.75 Å². The van der Waals surface area contributed by atoms with Crippen molar-refractivity contribution in [1.82, 2.24) is 15.0 Å². The van der Waals surface area contributed by atoms with Crippen molar-refractivity contribution in [3.05, 3.63) is 66.7 Å². The molecule has 0 aliphatic carbocycles. The molecule has 4 aromatic rings. The SMILES string of the molecule is COc1ccc2cc(-c3nc(C(C)(C)CC(=O)OC(C)(C)C)[nH]c3-c3ccncc3)ccc2c1. The van der Waals surface area contributed by atoms with Gasteiger partial charge in [-0.2, -0.15) is 0 Å². The van der Waals surface area contributed by atoms with Crippen molar-refractivity contribution in [1.29, 1.82) is 0 Å². The predicted molar refractivity (Wildman–Crippen MR) is 135 cm³/mol. The third kappa shape index (κ3) is 5.11. The number of benzene rings is 2. The first kappa shape index (κ1) is 23.5. The minimum absolute atomic E-state index is 0.213. The van der Waals surface area contributed by atoms with Gasteiger partial charge in [-0.3, -0.25) is 9.78 Å². The monoisotopic (exact) mass is 457 g/mol. The zero-order valence-electron chi connectivity index (χ0n) is 20.6. The van der Waals surface area contributed by atoms with Gasteiger partial charge in [-0.15, -0.1) is 0 Å². The molecule has 2 heterocycles. The average Bonchev–Trinajstić information content (AvgIpc) is 3.24. The van der Waals surface area contributed by atoms with Crippen molar-refractivity contribution in [2.75, 3.05) is 7.11 Å². The number of carbonyl (C=O) groups is 1. The number of methoxy groups -OCH3 is 1. The Bertz CT molecular complexity index is 1320. The normalized spacial score (nSPS) is 12.1. The molecule has 176 valence electrons. The molecule has 6 heteroatoms. The van der Waals surface area contributed by atoms with Crippen molar-refractivity contribution >= 4 is 16.7 Å². The molecule has 2 aromatic carbocycles. The van der Waals surface area contributed by atoms with Crippen molar-refractivity contribution < 1.29 is 14.3 Å². The number of hydrogen-bond donors (Lipinski definition) is 1. The van der Waals surface area contributed by atoms with Crippen LogP contribution in [0, 0.1) is 0 Å². The number of esters is 1. The molecule has 1 N–H and O–H groups in total. The molecule has 0 spiro atoms. The van der Waals surface area contributed by atoms with Gasteiger partial charge in [0, 0.05) is 28.9 Å². The van der Waals surface area contributed by atoms with Crippen LogP contribution in [0.15, 0.2) is 60.9 Å². The van der Waals surface area contributed by atoms with Crippen LogP contribution in [0.4, 0.5) is 0 Å². The maximum absolute atomic E-state index is 12.6.